The molecule has 6 aromatic heterocycles. The number of pyridine rings is 5. The first-order valence-electron chi connectivity index (χ1n) is 45.2. The lowest BCUT2D eigenvalue weighted by Gasteiger charge is -2.49. The van der Waals surface area contributed by atoms with Crippen LogP contribution in [0.15, 0.2) is 164 Å². The van der Waals surface area contributed by atoms with Crippen LogP contribution in [-0.4, -0.2) is 312 Å². The Bertz CT molecular complexity index is 4800. The van der Waals surface area contributed by atoms with E-state index in [9.17, 15) is 54.3 Å². The lowest BCUT2D eigenvalue weighted by Crippen LogP contribution is -2.61. The number of methoxy groups -OCH3 is 1. The van der Waals surface area contributed by atoms with E-state index < -0.39 is 139 Å². The molecule has 42 heteroatoms. The van der Waals surface area contributed by atoms with Crippen LogP contribution in [0.25, 0.3) is 10.4 Å². The fourth-order valence-corrected chi connectivity index (χ4v) is 16.3. The number of amides is 4. The summed E-state index contributed by atoms with van der Waals surface area (Å²) in [4.78, 5) is 103. The van der Waals surface area contributed by atoms with E-state index in [1.807, 2.05) is 81.2 Å². The lowest BCUT2D eigenvalue weighted by atomic mass is 9.77. The molecular formula is C93H132N18O24. The number of nitrogens with two attached hydrogens (primary N) is 1. The summed E-state index contributed by atoms with van der Waals surface area (Å²) in [6.07, 6.45) is 7.77. The molecule has 7 fully saturated rings. The van der Waals surface area contributed by atoms with Crippen LogP contribution in [0, 0.1) is 17.8 Å². The molecule has 0 saturated carbocycles. The van der Waals surface area contributed by atoms with Gasteiger partial charge >= 0.3 is 36.3 Å². The molecule has 14 rings (SSSR count). The zero-order valence-corrected chi connectivity index (χ0v) is 79.0. The number of hydrogen-bond acceptors (Lipinski definition) is 35. The largest absolute Gasteiger partial charge is 0.463 e. The van der Waals surface area contributed by atoms with Crippen LogP contribution in [0.2, 0.25) is 0 Å². The average molecular weight is 1890 g/mol. The number of nitrogen functional groups attached to an aromatic ring is 1. The van der Waals surface area contributed by atoms with Gasteiger partial charge in [0.15, 0.2) is 12.6 Å². The Morgan fingerprint density at radius 2 is 1.28 bits per heavy atom. The van der Waals surface area contributed by atoms with Gasteiger partial charge in [-0.25, -0.2) is 23.9 Å². The Kier molecular flexibility index (Phi) is 41.4. The zero-order valence-electron chi connectivity index (χ0n) is 79.0. The molecule has 1 unspecified atom stereocenters. The van der Waals surface area contributed by atoms with Gasteiger partial charge in [0.1, 0.15) is 67.6 Å². The maximum Gasteiger partial charge on any atom is 0.414 e. The third-order valence-corrected chi connectivity index (χ3v) is 23.9. The molecule has 7 aromatic rings. The number of epoxide rings is 1. The first-order chi connectivity index (χ1) is 64.5. The molecule has 0 bridgehead atoms. The number of nitrogens with one attached hydrogen (secondary N) is 1. The van der Waals surface area contributed by atoms with Crippen LogP contribution in [0.4, 0.5) is 47.6 Å². The molecule has 7 aliphatic heterocycles. The van der Waals surface area contributed by atoms with Gasteiger partial charge < -0.3 is 103 Å². The average Bonchev–Trinajstić information content (AvgIpc) is 0.832. The molecule has 7 saturated heterocycles. The number of rotatable bonds is 25. The predicted octanol–water partition coefficient (Wildman–Crippen LogP) is 8.86. The van der Waals surface area contributed by atoms with E-state index in [0.29, 0.717) is 99.3 Å². The number of hydrogen-bond donors (Lipinski definition) is 8. The molecule has 1 aromatic carbocycles. The van der Waals surface area contributed by atoms with Gasteiger partial charge in [0.05, 0.1) is 146 Å². The van der Waals surface area contributed by atoms with E-state index in [0.717, 1.165) is 18.6 Å². The maximum absolute atomic E-state index is 14.5. The molecular weight excluding hydrogens is 1750 g/mol. The summed E-state index contributed by atoms with van der Waals surface area (Å²) in [6, 6.07) is 26.2. The molecule has 13 heterocycles. The summed E-state index contributed by atoms with van der Waals surface area (Å²) >= 11 is 0. The quantitative estimate of drug-likeness (QED) is 0.00661. The van der Waals surface area contributed by atoms with Crippen molar-refractivity contribution < 1.29 is 116 Å². The summed E-state index contributed by atoms with van der Waals surface area (Å²) in [5.74, 6) is -2.94. The SMILES string of the molecule is CCCC(=O)OC[C@H]1CO1.CC[C@H]1OC(=O)[C@H](C)[C@@H](O[C@@H]2C[C@@](C)(OC)[C@@H](O)[C@H](C)O2)[C@H](C)[C@@H](O[C@@H]2O[C@H](C)C[C@H](N(C)CCc3cn(CC4CN(c5cccnc5)C(=O)O4)nn3)[C@H]2O)[C@](C)(O)C[C@@H](C)CN(C)[C@H](C)[C@@H](O)[C@]1(C)O.Nc1cccnc1.O=C(Nc1cccnc1)OCc1ccccc1.O=C1O[C@@H](CO)CN1c1cccnc1.[N-]=[N+]=NC[C@H]1CN(c2cccnc2)C(=O)O1. The maximum atomic E-state index is 14.5. The first kappa shape index (κ1) is 107. The number of carbonyl (C=O) groups is 6. The van der Waals surface area contributed by atoms with Gasteiger partial charge in [-0.15, -0.1) is 5.10 Å². The monoisotopic (exact) mass is 1880 g/mol. The highest BCUT2D eigenvalue weighted by Gasteiger charge is 2.54. The minimum atomic E-state index is -1.84. The number of ether oxygens (including phenoxy) is 12. The second-order valence-electron chi connectivity index (χ2n) is 35.0. The summed E-state index contributed by atoms with van der Waals surface area (Å²) in [5, 5.41) is 83.1. The van der Waals surface area contributed by atoms with Gasteiger partial charge in [0.25, 0.3) is 0 Å². The van der Waals surface area contributed by atoms with Crippen LogP contribution >= 0.6 is 0 Å². The Morgan fingerprint density at radius 3 is 1.81 bits per heavy atom. The molecule has 22 atom stereocenters. The van der Waals surface area contributed by atoms with Crippen LogP contribution in [-0.2, 0) is 86.0 Å². The first-order valence-corrected chi connectivity index (χ1v) is 45.2. The van der Waals surface area contributed by atoms with E-state index in [-0.39, 0.29) is 69.2 Å². The standard InChI is InChI=1S/C50H83N7O14.C13H12N2O2.C9H9N5O2.C9H10N2O3.C7H12O3.C5H6N2/c1-14-38-50(10,64)42(59)32(6)55(12)24-28(2)21-48(8,63)44(30(4)41(31(5)45(61)69-38)70-39-22-49(9,65-13)43(60)33(7)67-39)71-46-40(58)37(20-29(3)66-46)54(11)19-17-34-25-56(53-52-34)26-36-27-57(47(62)68-36)35-16-15-18-51-23-35;16-13(15-12-7-4-8-14-9-12)17-10-11-5-2-1-3-6-11;10-13-12-5-8-6-14(9(15)16-8)7-2-1-3-11-4-7;12-6-8-5-11(9(13)14-8)7-2-1-3-10-4-7;1-2-3-7(8)10-5-6-4-9-6;6-5-2-1-3-7-4-5/h15-16,18,23,25,28-33,36-44,46,58-60,63-64H,14,17,19-22,24,26-27H2,1-13H3;1-9H,10H2,(H,15,16);1-4,8H,5-6H2;1-4,8,12H,5-6H2;6H,2-5H2,1H3;1-4H,6H2/t28-,29-,30+,31-,32-,33+,36?,37+,38-,39-,40-,41+,42-,43+,44-,46+,48-,49-,50-;;2*8-;6-;/m1.011./s1. The van der Waals surface area contributed by atoms with Crippen LogP contribution in [0.5, 0.6) is 0 Å². The van der Waals surface area contributed by atoms with Crippen molar-refractivity contribution in [3.63, 3.8) is 0 Å². The third-order valence-electron chi connectivity index (χ3n) is 23.9. The Morgan fingerprint density at radius 1 is 0.704 bits per heavy atom. The molecule has 0 aliphatic carbocycles. The number of likely N-dealkylation sites (N-methyl/N-ethyl adjacent to an activating group) is 2. The van der Waals surface area contributed by atoms with Crippen molar-refractivity contribution in [1.82, 2.24) is 49.7 Å². The fraction of sp³-hybridized carbons (Fsp3) is 0.581. The number of aliphatic hydroxyl groups excluding tert-OH is 4. The number of benzene rings is 1. The topological polar surface area (TPSA) is 536 Å². The molecule has 0 radical (unpaired) electrons. The van der Waals surface area contributed by atoms with Crippen molar-refractivity contribution in [2.24, 2.45) is 22.9 Å². The van der Waals surface area contributed by atoms with Gasteiger partial charge in [0, 0.05) is 106 Å². The number of carbonyl (C=O) groups excluding carboxylic acids is 6. The van der Waals surface area contributed by atoms with E-state index in [1.54, 1.807) is 176 Å². The van der Waals surface area contributed by atoms with E-state index >= 15 is 0 Å². The fourth-order valence-electron chi connectivity index (χ4n) is 16.3. The number of anilines is 5. The van der Waals surface area contributed by atoms with Crippen LogP contribution in [0.3, 0.4) is 0 Å². The number of esters is 2. The van der Waals surface area contributed by atoms with Gasteiger partial charge in [0.2, 0.25) is 0 Å². The number of aromatic nitrogens is 8. The smallest absolute Gasteiger partial charge is 0.414 e. The van der Waals surface area contributed by atoms with Crippen molar-refractivity contribution >= 4 is 64.7 Å². The molecule has 42 nitrogen and oxygen atoms in total. The highest BCUT2D eigenvalue weighted by atomic mass is 16.7. The van der Waals surface area contributed by atoms with E-state index in [1.165, 1.54) is 28.7 Å². The molecule has 9 N–H and O–H groups in total. The summed E-state index contributed by atoms with van der Waals surface area (Å²) < 4.78 is 70.2. The highest BCUT2D eigenvalue weighted by molar-refractivity contribution is 5.91. The lowest BCUT2D eigenvalue weighted by molar-refractivity contribution is -0.318. The summed E-state index contributed by atoms with van der Waals surface area (Å²) in [5.41, 5.74) is 13.9. The molecule has 738 valence electrons. The summed E-state index contributed by atoms with van der Waals surface area (Å²) in [7, 11) is 5.24. The van der Waals surface area contributed by atoms with Crippen molar-refractivity contribution in [1.29, 1.82) is 0 Å². The normalized spacial score (nSPS) is 29.6. The Hall–Kier alpha value is -11.3. The zero-order chi connectivity index (χ0) is 98.1. The van der Waals surface area contributed by atoms with Gasteiger partial charge in [-0.3, -0.25) is 54.5 Å². The van der Waals surface area contributed by atoms with Crippen molar-refractivity contribution in [3.05, 3.63) is 181 Å². The highest BCUT2D eigenvalue weighted by Crippen LogP contribution is 2.41. The number of aliphatic hydroxyl groups is 6. The van der Waals surface area contributed by atoms with Gasteiger partial charge in [-0.05, 0) is 166 Å². The molecule has 7 aliphatic rings. The Labute approximate surface area is 785 Å². The van der Waals surface area contributed by atoms with E-state index in [4.69, 9.17) is 73.2 Å². The van der Waals surface area contributed by atoms with Crippen molar-refractivity contribution in [2.45, 2.75) is 249 Å². The number of nitrogens with zero attached hydrogens (tertiary/aromatic N) is 16. The molecule has 135 heavy (non-hydrogen) atoms. The second kappa shape index (κ2) is 52.1. The number of azide groups is 1. The predicted molar refractivity (Wildman–Crippen MR) is 492 cm³/mol. The van der Waals surface area contributed by atoms with Gasteiger partial charge in [-0.1, -0.05) is 68.4 Å². The third kappa shape index (κ3) is 32.2. The second-order valence-corrected chi connectivity index (χ2v) is 35.0. The summed E-state index contributed by atoms with van der Waals surface area (Å²) in [6.45, 7) is 23.2. The minimum Gasteiger partial charge on any atom is -0.463 e. The minimum absolute atomic E-state index is 0.0927. The van der Waals surface area contributed by atoms with Crippen molar-refractivity contribution in [2.75, 3.05) is 106 Å². The molecule has 0 spiro atoms. The van der Waals surface area contributed by atoms with Crippen LogP contribution in [0.1, 0.15) is 126 Å². The van der Waals surface area contributed by atoms with E-state index in [2.05, 4.69) is 50.6 Å². The van der Waals surface area contributed by atoms with Crippen LogP contribution < -0.4 is 25.8 Å². The van der Waals surface area contributed by atoms with Gasteiger partial charge in [-0.2, -0.15) is 0 Å². The van der Waals surface area contributed by atoms with Crippen molar-refractivity contribution in [3.8, 4) is 0 Å². The Balaban J connectivity index is 0.000000249. The molecule has 4 amide bonds. The number of cyclic esters (lactones) is 4.